The molecule has 1 aliphatic heterocycles. The van der Waals surface area contributed by atoms with Gasteiger partial charge in [-0.1, -0.05) is 0 Å². The molecular formula is C14H22N2O2S. The normalized spacial score (nSPS) is 24.5. The lowest BCUT2D eigenvalue weighted by molar-refractivity contribution is -0.136. The molecule has 2 atom stereocenters. The van der Waals surface area contributed by atoms with Crippen LogP contribution in [-0.4, -0.2) is 41.7 Å². The zero-order valence-corrected chi connectivity index (χ0v) is 12.4. The summed E-state index contributed by atoms with van der Waals surface area (Å²) in [6.45, 7) is 4.27. The maximum atomic E-state index is 10.6. The van der Waals surface area contributed by atoms with Crippen molar-refractivity contribution >= 4 is 17.3 Å². The van der Waals surface area contributed by atoms with Crippen molar-refractivity contribution < 1.29 is 9.90 Å². The number of likely N-dealkylation sites (tertiary alicyclic amines) is 1. The molecule has 2 heterocycles. The maximum absolute atomic E-state index is 10.6. The quantitative estimate of drug-likeness (QED) is 0.866. The van der Waals surface area contributed by atoms with Gasteiger partial charge in [0, 0.05) is 28.4 Å². The molecule has 0 radical (unpaired) electrons. The Morgan fingerprint density at radius 2 is 2.26 bits per heavy atom. The average molecular weight is 282 g/mol. The van der Waals surface area contributed by atoms with Crippen molar-refractivity contribution in [2.24, 2.45) is 0 Å². The van der Waals surface area contributed by atoms with Crippen LogP contribution in [0.3, 0.4) is 0 Å². The summed E-state index contributed by atoms with van der Waals surface area (Å²) >= 11 is 1.60. The Morgan fingerprint density at radius 1 is 1.53 bits per heavy atom. The zero-order valence-electron chi connectivity index (χ0n) is 11.6. The third kappa shape index (κ3) is 4.30. The predicted octanol–water partition coefficient (Wildman–Crippen LogP) is 1.95. The Bertz CT molecular complexity index is 433. The number of piperidine rings is 1. The monoisotopic (exact) mass is 282 g/mol. The Labute approximate surface area is 118 Å². The summed E-state index contributed by atoms with van der Waals surface area (Å²) in [4.78, 5) is 15.2. The number of carbonyl (C=O) groups is 1. The smallest absolute Gasteiger partial charge is 0.308 e. The number of carboxylic acids is 1. The van der Waals surface area contributed by atoms with Gasteiger partial charge in [-0.2, -0.15) is 0 Å². The summed E-state index contributed by atoms with van der Waals surface area (Å²) < 4.78 is 0. The number of hydrogen-bond donors (Lipinski definition) is 2. The van der Waals surface area contributed by atoms with Crippen molar-refractivity contribution in [3.8, 4) is 0 Å². The molecule has 0 amide bonds. The Morgan fingerprint density at radius 3 is 2.95 bits per heavy atom. The van der Waals surface area contributed by atoms with E-state index in [0.717, 1.165) is 18.0 Å². The average Bonchev–Trinajstić information content (AvgIpc) is 2.77. The van der Waals surface area contributed by atoms with Crippen LogP contribution in [0.1, 0.15) is 29.5 Å². The second kappa shape index (κ2) is 6.50. The molecule has 0 spiro atoms. The minimum absolute atomic E-state index is 0.135. The molecule has 2 unspecified atom stereocenters. The van der Waals surface area contributed by atoms with Crippen molar-refractivity contribution in [1.29, 1.82) is 0 Å². The zero-order chi connectivity index (χ0) is 13.8. The van der Waals surface area contributed by atoms with Crippen LogP contribution in [-0.2, 0) is 17.8 Å². The molecule has 0 aromatic carbocycles. The molecule has 5 heteroatoms. The highest BCUT2D eigenvalue weighted by Crippen LogP contribution is 2.19. The van der Waals surface area contributed by atoms with Gasteiger partial charge in [0.15, 0.2) is 0 Å². The molecule has 106 valence electrons. The van der Waals surface area contributed by atoms with E-state index in [4.69, 9.17) is 5.11 Å². The van der Waals surface area contributed by atoms with E-state index < -0.39 is 5.97 Å². The van der Waals surface area contributed by atoms with Gasteiger partial charge < -0.3 is 15.3 Å². The van der Waals surface area contributed by atoms with Crippen LogP contribution in [0.4, 0.5) is 0 Å². The van der Waals surface area contributed by atoms with Gasteiger partial charge in [0.1, 0.15) is 0 Å². The van der Waals surface area contributed by atoms with E-state index in [2.05, 4.69) is 24.2 Å². The molecule has 1 aromatic heterocycles. The van der Waals surface area contributed by atoms with Gasteiger partial charge in [0.2, 0.25) is 0 Å². The highest BCUT2D eigenvalue weighted by Gasteiger charge is 2.22. The summed E-state index contributed by atoms with van der Waals surface area (Å²) in [7, 11) is 2.18. The fourth-order valence-electron chi connectivity index (χ4n) is 2.48. The minimum Gasteiger partial charge on any atom is -0.481 e. The van der Waals surface area contributed by atoms with Gasteiger partial charge in [-0.15, -0.1) is 11.3 Å². The number of nitrogens with one attached hydrogen (secondary N) is 1. The van der Waals surface area contributed by atoms with Gasteiger partial charge in [0.25, 0.3) is 0 Å². The van der Waals surface area contributed by atoms with Gasteiger partial charge >= 0.3 is 5.97 Å². The fraction of sp³-hybridized carbons (Fsp3) is 0.643. The first-order chi connectivity index (χ1) is 9.04. The van der Waals surface area contributed by atoms with Crippen LogP contribution in [0.25, 0.3) is 0 Å². The second-order valence-corrected chi connectivity index (χ2v) is 6.62. The van der Waals surface area contributed by atoms with E-state index >= 15 is 0 Å². The molecule has 4 nitrogen and oxygen atoms in total. The fourth-order valence-corrected chi connectivity index (χ4v) is 3.44. The van der Waals surface area contributed by atoms with Crippen molar-refractivity contribution in [3.05, 3.63) is 21.9 Å². The van der Waals surface area contributed by atoms with Gasteiger partial charge in [0.05, 0.1) is 6.42 Å². The molecule has 1 fully saturated rings. The van der Waals surface area contributed by atoms with E-state index in [9.17, 15) is 4.79 Å². The number of aliphatic carboxylic acids is 1. The van der Waals surface area contributed by atoms with Crippen molar-refractivity contribution in [3.63, 3.8) is 0 Å². The largest absolute Gasteiger partial charge is 0.481 e. The molecule has 0 bridgehead atoms. The molecular weight excluding hydrogens is 260 g/mol. The lowest BCUT2D eigenvalue weighted by Gasteiger charge is -2.35. The number of nitrogens with zero attached hydrogens (tertiary/aromatic N) is 1. The van der Waals surface area contributed by atoms with E-state index in [1.165, 1.54) is 17.7 Å². The van der Waals surface area contributed by atoms with Crippen LogP contribution in [0.2, 0.25) is 0 Å². The van der Waals surface area contributed by atoms with Crippen molar-refractivity contribution in [1.82, 2.24) is 10.2 Å². The first-order valence-corrected chi connectivity index (χ1v) is 7.59. The number of carboxylic acid groups (broad SMARTS) is 1. The van der Waals surface area contributed by atoms with Crippen LogP contribution < -0.4 is 5.32 Å². The van der Waals surface area contributed by atoms with Crippen LogP contribution in [0.5, 0.6) is 0 Å². The summed E-state index contributed by atoms with van der Waals surface area (Å²) in [5, 5.41) is 12.3. The SMILES string of the molecule is CC1CC(NCc2ccc(CC(=O)O)s2)CCN1C. The standard InChI is InChI=1S/C14H22N2O2S/c1-10-7-11(5-6-16(10)2)15-9-13-4-3-12(19-13)8-14(17)18/h3-4,10-11,15H,5-9H2,1-2H3,(H,17,18). The predicted molar refractivity (Wildman–Crippen MR) is 77.6 cm³/mol. The van der Waals surface area contributed by atoms with E-state index in [-0.39, 0.29) is 6.42 Å². The Kier molecular flexibility index (Phi) is 4.96. The Hall–Kier alpha value is -0.910. The third-order valence-corrected chi connectivity index (χ3v) is 4.90. The summed E-state index contributed by atoms with van der Waals surface area (Å²) in [6, 6.07) is 5.18. The maximum Gasteiger partial charge on any atom is 0.308 e. The number of hydrogen-bond acceptors (Lipinski definition) is 4. The number of thiophene rings is 1. The van der Waals surface area contributed by atoms with Crippen molar-refractivity contribution in [2.45, 2.75) is 44.8 Å². The molecule has 1 aromatic rings. The van der Waals surface area contributed by atoms with Crippen LogP contribution >= 0.6 is 11.3 Å². The van der Waals surface area contributed by atoms with E-state index in [1.807, 2.05) is 12.1 Å². The first-order valence-electron chi connectivity index (χ1n) is 6.77. The molecule has 2 rings (SSSR count). The third-order valence-electron chi connectivity index (χ3n) is 3.82. The molecule has 2 N–H and O–H groups in total. The summed E-state index contributed by atoms with van der Waals surface area (Å²) in [5.74, 6) is -0.759. The molecule has 0 aliphatic carbocycles. The van der Waals surface area contributed by atoms with Gasteiger partial charge in [-0.25, -0.2) is 0 Å². The van der Waals surface area contributed by atoms with E-state index in [0.29, 0.717) is 12.1 Å². The lowest BCUT2D eigenvalue weighted by Crippen LogP contribution is -2.45. The summed E-state index contributed by atoms with van der Waals surface area (Å²) in [5.41, 5.74) is 0. The van der Waals surface area contributed by atoms with Crippen LogP contribution in [0.15, 0.2) is 12.1 Å². The van der Waals surface area contributed by atoms with Gasteiger partial charge in [-0.3, -0.25) is 4.79 Å². The minimum atomic E-state index is -0.759. The lowest BCUT2D eigenvalue weighted by atomic mass is 9.99. The highest BCUT2D eigenvalue weighted by atomic mass is 32.1. The molecule has 1 saturated heterocycles. The number of rotatable bonds is 5. The second-order valence-electron chi connectivity index (χ2n) is 5.37. The van der Waals surface area contributed by atoms with Crippen LogP contribution in [0, 0.1) is 0 Å². The summed E-state index contributed by atoms with van der Waals surface area (Å²) in [6.07, 6.45) is 2.51. The molecule has 1 aliphatic rings. The highest BCUT2D eigenvalue weighted by molar-refractivity contribution is 7.12. The molecule has 0 saturated carbocycles. The first kappa shape index (κ1) is 14.5. The van der Waals surface area contributed by atoms with E-state index in [1.54, 1.807) is 11.3 Å². The topological polar surface area (TPSA) is 52.6 Å². The van der Waals surface area contributed by atoms with Gasteiger partial charge in [-0.05, 0) is 45.5 Å². The molecule has 19 heavy (non-hydrogen) atoms. The van der Waals surface area contributed by atoms with Crippen molar-refractivity contribution in [2.75, 3.05) is 13.6 Å². The Balaban J connectivity index is 1.79.